The van der Waals surface area contributed by atoms with Crippen LogP contribution in [-0.2, 0) is 17.5 Å². The molecule has 0 aliphatic carbocycles. The number of rotatable bonds is 3. The zero-order valence-corrected chi connectivity index (χ0v) is 14.9. The summed E-state index contributed by atoms with van der Waals surface area (Å²) >= 11 is 0. The Labute approximate surface area is 163 Å². The average Bonchev–Trinajstić information content (AvgIpc) is 3.05. The Balaban J connectivity index is 1.54. The Hall–Kier alpha value is -3.75. The standard InChI is InChI=1S/C20H14F3N5O/c21-20(22,23)14-5-2-1-4-12(14)11-25-19-27-17(18(29)28-19)10-13-7-8-15-16(26-13)6-3-9-24-15/h1-10H,11H2,(H2,25,27,28,29)/b17-10-. The maximum absolute atomic E-state index is 13.1. The van der Waals surface area contributed by atoms with Gasteiger partial charge in [0, 0.05) is 6.20 Å². The summed E-state index contributed by atoms with van der Waals surface area (Å²) in [6, 6.07) is 12.2. The predicted octanol–water partition coefficient (Wildman–Crippen LogP) is 3.27. The first-order valence-corrected chi connectivity index (χ1v) is 8.61. The summed E-state index contributed by atoms with van der Waals surface area (Å²) in [4.78, 5) is 24.8. The zero-order valence-electron chi connectivity index (χ0n) is 14.9. The Morgan fingerprint density at radius 1 is 1.00 bits per heavy atom. The third kappa shape index (κ3) is 4.08. The van der Waals surface area contributed by atoms with Crippen molar-refractivity contribution in [3.05, 3.63) is 77.2 Å². The van der Waals surface area contributed by atoms with Gasteiger partial charge in [-0.15, -0.1) is 0 Å². The van der Waals surface area contributed by atoms with E-state index in [1.54, 1.807) is 30.5 Å². The molecular formula is C20H14F3N5O. The van der Waals surface area contributed by atoms with Gasteiger partial charge in [-0.1, -0.05) is 18.2 Å². The van der Waals surface area contributed by atoms with Crippen molar-refractivity contribution in [3.63, 3.8) is 0 Å². The van der Waals surface area contributed by atoms with E-state index in [1.165, 1.54) is 24.3 Å². The molecule has 1 aromatic carbocycles. The number of hydrogen-bond acceptors (Lipinski definition) is 4. The van der Waals surface area contributed by atoms with E-state index < -0.39 is 17.6 Å². The van der Waals surface area contributed by atoms with Gasteiger partial charge >= 0.3 is 6.18 Å². The average molecular weight is 397 g/mol. The molecule has 1 saturated heterocycles. The molecule has 1 aliphatic heterocycles. The number of nitrogens with zero attached hydrogens (tertiary/aromatic N) is 3. The van der Waals surface area contributed by atoms with Gasteiger partial charge in [0.1, 0.15) is 5.70 Å². The Bertz CT molecular complexity index is 1150. The summed E-state index contributed by atoms with van der Waals surface area (Å²) in [5, 5.41) is 5.28. The molecule has 29 heavy (non-hydrogen) atoms. The van der Waals surface area contributed by atoms with Gasteiger partial charge in [0.2, 0.25) is 5.96 Å². The van der Waals surface area contributed by atoms with Crippen molar-refractivity contribution in [3.8, 4) is 0 Å². The van der Waals surface area contributed by atoms with E-state index in [0.717, 1.165) is 11.6 Å². The fourth-order valence-electron chi connectivity index (χ4n) is 2.87. The summed E-state index contributed by atoms with van der Waals surface area (Å²) in [6.45, 7) is -0.231. The van der Waals surface area contributed by atoms with Gasteiger partial charge in [0.15, 0.2) is 0 Å². The highest BCUT2D eigenvalue weighted by Gasteiger charge is 2.32. The van der Waals surface area contributed by atoms with E-state index in [1.807, 2.05) is 0 Å². The van der Waals surface area contributed by atoms with Gasteiger partial charge < -0.3 is 5.32 Å². The molecule has 0 bridgehead atoms. The first kappa shape index (κ1) is 18.6. The van der Waals surface area contributed by atoms with Crippen LogP contribution in [0.3, 0.4) is 0 Å². The second kappa shape index (κ2) is 7.34. The minimum Gasteiger partial charge on any atom is -0.321 e. The minimum atomic E-state index is -4.47. The third-order valence-electron chi connectivity index (χ3n) is 4.23. The number of fused-ring (bicyclic) bond motifs is 1. The quantitative estimate of drug-likeness (QED) is 0.665. The highest BCUT2D eigenvalue weighted by Crippen LogP contribution is 2.32. The lowest BCUT2D eigenvalue weighted by molar-refractivity contribution is -0.138. The van der Waals surface area contributed by atoms with Gasteiger partial charge in [-0.25, -0.2) is 9.98 Å². The first-order valence-electron chi connectivity index (χ1n) is 8.61. The van der Waals surface area contributed by atoms with Gasteiger partial charge in [-0.05, 0) is 42.0 Å². The molecule has 1 aliphatic rings. The van der Waals surface area contributed by atoms with Crippen LogP contribution in [0.5, 0.6) is 0 Å². The number of halogens is 3. The molecule has 4 rings (SSSR count). The van der Waals surface area contributed by atoms with Crippen LogP contribution in [0.15, 0.2) is 65.4 Å². The van der Waals surface area contributed by atoms with Crippen molar-refractivity contribution in [2.24, 2.45) is 4.99 Å². The number of carbonyl (C=O) groups excluding carboxylic acids is 1. The topological polar surface area (TPSA) is 79.3 Å². The van der Waals surface area contributed by atoms with Crippen molar-refractivity contribution < 1.29 is 18.0 Å². The van der Waals surface area contributed by atoms with Crippen molar-refractivity contribution in [1.82, 2.24) is 20.6 Å². The number of aliphatic imine (C=N–C) groups is 1. The predicted molar refractivity (Wildman–Crippen MR) is 101 cm³/mol. The van der Waals surface area contributed by atoms with Crippen LogP contribution in [0.4, 0.5) is 13.2 Å². The molecule has 0 spiro atoms. The fraction of sp³-hybridized carbons (Fsp3) is 0.100. The molecule has 3 aromatic rings. The molecule has 9 heteroatoms. The number of pyridine rings is 2. The van der Waals surface area contributed by atoms with Crippen LogP contribution in [-0.4, -0.2) is 21.8 Å². The number of amides is 1. The highest BCUT2D eigenvalue weighted by molar-refractivity contribution is 6.15. The first-order chi connectivity index (χ1) is 13.9. The molecule has 6 nitrogen and oxygen atoms in total. The summed E-state index contributed by atoms with van der Waals surface area (Å²) < 4.78 is 39.2. The van der Waals surface area contributed by atoms with Crippen LogP contribution in [0.25, 0.3) is 17.1 Å². The summed E-state index contributed by atoms with van der Waals surface area (Å²) in [5.41, 5.74) is 1.40. The smallest absolute Gasteiger partial charge is 0.321 e. The lowest BCUT2D eigenvalue weighted by Crippen LogP contribution is -2.25. The summed E-state index contributed by atoms with van der Waals surface area (Å²) in [7, 11) is 0. The highest BCUT2D eigenvalue weighted by atomic mass is 19.4. The largest absolute Gasteiger partial charge is 0.416 e. The van der Waals surface area contributed by atoms with Gasteiger partial charge in [-0.2, -0.15) is 13.2 Å². The Kier molecular flexibility index (Phi) is 4.71. The summed E-state index contributed by atoms with van der Waals surface area (Å²) in [5.74, 6) is -0.360. The van der Waals surface area contributed by atoms with Crippen molar-refractivity contribution >= 4 is 29.0 Å². The van der Waals surface area contributed by atoms with Crippen molar-refractivity contribution in [2.75, 3.05) is 0 Å². The molecule has 0 atom stereocenters. The lowest BCUT2D eigenvalue weighted by Gasteiger charge is -2.11. The fourth-order valence-corrected chi connectivity index (χ4v) is 2.87. The van der Waals surface area contributed by atoms with E-state index in [0.29, 0.717) is 11.2 Å². The molecule has 3 heterocycles. The molecule has 2 aromatic heterocycles. The SMILES string of the molecule is O=C1NC(=NCc2ccccc2C(F)(F)F)N/C1=C\c1ccc2ncccc2n1. The minimum absolute atomic E-state index is 0.0182. The van der Waals surface area contributed by atoms with Gasteiger partial charge in [0.05, 0.1) is 28.8 Å². The number of carbonyl (C=O) groups is 1. The summed E-state index contributed by atoms with van der Waals surface area (Å²) in [6.07, 6.45) is -1.27. The normalized spacial score (nSPS) is 17.0. The second-order valence-electron chi connectivity index (χ2n) is 6.23. The Morgan fingerprint density at radius 3 is 2.66 bits per heavy atom. The molecule has 2 N–H and O–H groups in total. The van der Waals surface area contributed by atoms with Crippen LogP contribution in [0.2, 0.25) is 0 Å². The van der Waals surface area contributed by atoms with E-state index >= 15 is 0 Å². The number of nitrogens with one attached hydrogen (secondary N) is 2. The molecule has 1 amide bonds. The molecular weight excluding hydrogens is 383 g/mol. The van der Waals surface area contributed by atoms with E-state index in [2.05, 4.69) is 25.6 Å². The zero-order chi connectivity index (χ0) is 20.4. The van der Waals surface area contributed by atoms with Crippen LogP contribution in [0, 0.1) is 0 Å². The monoisotopic (exact) mass is 397 g/mol. The van der Waals surface area contributed by atoms with Crippen LogP contribution in [0.1, 0.15) is 16.8 Å². The Morgan fingerprint density at radius 2 is 1.83 bits per heavy atom. The van der Waals surface area contributed by atoms with E-state index in [-0.39, 0.29) is 23.8 Å². The molecule has 146 valence electrons. The van der Waals surface area contributed by atoms with Gasteiger partial charge in [-0.3, -0.25) is 15.1 Å². The van der Waals surface area contributed by atoms with Crippen LogP contribution >= 0.6 is 0 Å². The maximum Gasteiger partial charge on any atom is 0.416 e. The lowest BCUT2D eigenvalue weighted by atomic mass is 10.1. The molecule has 0 unspecified atom stereocenters. The van der Waals surface area contributed by atoms with E-state index in [4.69, 9.17) is 0 Å². The number of benzene rings is 1. The molecule has 0 radical (unpaired) electrons. The molecule has 0 saturated carbocycles. The van der Waals surface area contributed by atoms with E-state index in [9.17, 15) is 18.0 Å². The van der Waals surface area contributed by atoms with Crippen LogP contribution < -0.4 is 10.6 Å². The van der Waals surface area contributed by atoms with Crippen molar-refractivity contribution in [1.29, 1.82) is 0 Å². The number of aromatic nitrogens is 2. The second-order valence-corrected chi connectivity index (χ2v) is 6.23. The van der Waals surface area contributed by atoms with Crippen molar-refractivity contribution in [2.45, 2.75) is 12.7 Å². The third-order valence-corrected chi connectivity index (χ3v) is 4.23. The number of hydrogen-bond donors (Lipinski definition) is 2. The molecule has 1 fully saturated rings. The maximum atomic E-state index is 13.1. The van der Waals surface area contributed by atoms with Gasteiger partial charge in [0.25, 0.3) is 5.91 Å². The number of guanidine groups is 1. The number of alkyl halides is 3.